The first-order valence-electron chi connectivity index (χ1n) is 7.95. The molecule has 2 aromatic rings. The fourth-order valence-corrected chi connectivity index (χ4v) is 2.30. The van der Waals surface area contributed by atoms with Crippen molar-refractivity contribution in [2.24, 2.45) is 5.73 Å². The second-order valence-electron chi connectivity index (χ2n) is 5.62. The minimum Gasteiger partial charge on any atom is -0.493 e. The third-order valence-corrected chi connectivity index (χ3v) is 3.65. The van der Waals surface area contributed by atoms with Crippen LogP contribution >= 0.6 is 0 Å². The number of hydrogen-bond acceptors (Lipinski definition) is 5. The van der Waals surface area contributed by atoms with Crippen molar-refractivity contribution in [1.82, 2.24) is 0 Å². The van der Waals surface area contributed by atoms with Gasteiger partial charge in [0.25, 0.3) is 0 Å². The van der Waals surface area contributed by atoms with Crippen LogP contribution in [0.5, 0.6) is 17.2 Å². The molecule has 0 unspecified atom stereocenters. The molecule has 0 saturated carbocycles. The minimum absolute atomic E-state index is 0.158. The fourth-order valence-electron chi connectivity index (χ4n) is 2.30. The van der Waals surface area contributed by atoms with Gasteiger partial charge in [0.05, 0.1) is 19.8 Å². The summed E-state index contributed by atoms with van der Waals surface area (Å²) in [6.45, 7) is 3.66. The van der Waals surface area contributed by atoms with Crippen LogP contribution in [0.3, 0.4) is 0 Å². The molecule has 138 valence electrons. The molecule has 0 radical (unpaired) electrons. The van der Waals surface area contributed by atoms with E-state index in [2.05, 4.69) is 5.16 Å². The number of aryl methyl sites for hydroxylation is 2. The molecule has 0 aliphatic heterocycles. The van der Waals surface area contributed by atoms with Gasteiger partial charge in [-0.25, -0.2) is 4.79 Å². The highest BCUT2D eigenvalue weighted by molar-refractivity contribution is 5.93. The summed E-state index contributed by atoms with van der Waals surface area (Å²) in [6, 6.07) is 10.8. The number of ether oxygens (including phenoxy) is 3. The molecule has 0 amide bonds. The molecular formula is C19H23N2O5+. The molecule has 0 fully saturated rings. The van der Waals surface area contributed by atoms with Gasteiger partial charge in [-0.2, -0.15) is 0 Å². The molecule has 0 aliphatic carbocycles. The van der Waals surface area contributed by atoms with Gasteiger partial charge in [-0.1, -0.05) is 22.9 Å². The molecule has 0 bridgehead atoms. The van der Waals surface area contributed by atoms with Gasteiger partial charge in [-0.05, 0) is 43.7 Å². The van der Waals surface area contributed by atoms with E-state index >= 15 is 0 Å². The van der Waals surface area contributed by atoms with Crippen molar-refractivity contribution in [3.63, 3.8) is 0 Å². The summed E-state index contributed by atoms with van der Waals surface area (Å²) in [4.78, 5) is 16.8. The van der Waals surface area contributed by atoms with Gasteiger partial charge in [-0.15, -0.1) is 0 Å². The summed E-state index contributed by atoms with van der Waals surface area (Å²) in [6.07, 6.45) is 0. The van der Waals surface area contributed by atoms with Crippen LogP contribution in [0.15, 0.2) is 36.4 Å². The number of hydrogen-bond donors (Lipinski definition) is 2. The lowest BCUT2D eigenvalue weighted by molar-refractivity contribution is -0.724. The Labute approximate surface area is 152 Å². The minimum atomic E-state index is -0.603. The molecule has 26 heavy (non-hydrogen) atoms. The normalized spacial score (nSPS) is 11.0. The lowest BCUT2D eigenvalue weighted by Gasteiger charge is -2.08. The quantitative estimate of drug-likeness (QED) is 0.326. The Hall–Kier alpha value is -3.22. The van der Waals surface area contributed by atoms with Gasteiger partial charge in [0.15, 0.2) is 18.1 Å². The largest absolute Gasteiger partial charge is 0.493 e. The van der Waals surface area contributed by atoms with E-state index in [0.717, 1.165) is 11.1 Å². The predicted octanol–water partition coefficient (Wildman–Crippen LogP) is 0.644. The van der Waals surface area contributed by atoms with E-state index in [0.29, 0.717) is 22.8 Å². The van der Waals surface area contributed by atoms with E-state index in [9.17, 15) is 4.79 Å². The van der Waals surface area contributed by atoms with Crippen molar-refractivity contribution in [2.45, 2.75) is 13.8 Å². The summed E-state index contributed by atoms with van der Waals surface area (Å²) < 4.78 is 15.8. The molecule has 0 spiro atoms. The molecule has 0 atom stereocenters. The average molecular weight is 359 g/mol. The van der Waals surface area contributed by atoms with E-state index in [1.54, 1.807) is 25.3 Å². The number of amidine groups is 1. The van der Waals surface area contributed by atoms with Crippen molar-refractivity contribution in [1.29, 1.82) is 0 Å². The second kappa shape index (κ2) is 8.75. The maximum absolute atomic E-state index is 11.8. The maximum Gasteiger partial charge on any atom is 0.394 e. The monoisotopic (exact) mass is 359 g/mol. The summed E-state index contributed by atoms with van der Waals surface area (Å²) in [7, 11) is 3.07. The molecule has 2 rings (SSSR count). The summed E-state index contributed by atoms with van der Waals surface area (Å²) >= 11 is 0. The van der Waals surface area contributed by atoms with Gasteiger partial charge in [0, 0.05) is 0 Å². The summed E-state index contributed by atoms with van der Waals surface area (Å²) in [5, 5.41) is 2.42. The highest BCUT2D eigenvalue weighted by Gasteiger charge is 2.13. The van der Waals surface area contributed by atoms with Crippen LogP contribution in [-0.2, 0) is 9.63 Å². The highest BCUT2D eigenvalue weighted by atomic mass is 16.7. The molecule has 3 N–H and O–H groups in total. The Bertz CT molecular complexity index is 818. The lowest BCUT2D eigenvalue weighted by Crippen LogP contribution is -2.76. The number of nitrogen functional groups attached to an aromatic ring is 1. The van der Waals surface area contributed by atoms with Crippen LogP contribution < -0.4 is 25.1 Å². The van der Waals surface area contributed by atoms with Crippen molar-refractivity contribution in [3.05, 3.63) is 53.1 Å². The SMILES string of the molecule is COc1ccc(C(N)=[NH+]OC(=O)COc2ccc(C)cc2C)cc1OC. The number of nitrogens with two attached hydrogens (primary N) is 1. The van der Waals surface area contributed by atoms with Gasteiger partial charge in [0.1, 0.15) is 5.75 Å². The third kappa shape index (κ3) is 4.89. The van der Waals surface area contributed by atoms with E-state index in [1.165, 1.54) is 7.11 Å². The first kappa shape index (κ1) is 19.1. The summed E-state index contributed by atoms with van der Waals surface area (Å²) in [5.41, 5.74) is 8.55. The van der Waals surface area contributed by atoms with Crippen LogP contribution in [0.25, 0.3) is 0 Å². The molecule has 7 heteroatoms. The number of nitrogens with one attached hydrogen (secondary N) is 1. The number of methoxy groups -OCH3 is 2. The van der Waals surface area contributed by atoms with E-state index < -0.39 is 5.97 Å². The van der Waals surface area contributed by atoms with Crippen molar-refractivity contribution in [3.8, 4) is 17.2 Å². The highest BCUT2D eigenvalue weighted by Crippen LogP contribution is 2.27. The zero-order chi connectivity index (χ0) is 19.1. The van der Waals surface area contributed by atoms with E-state index in [4.69, 9.17) is 24.8 Å². The molecule has 0 aliphatic rings. The van der Waals surface area contributed by atoms with Gasteiger partial charge >= 0.3 is 11.8 Å². The Morgan fingerprint density at radius 2 is 1.69 bits per heavy atom. The second-order valence-corrected chi connectivity index (χ2v) is 5.62. The first-order chi connectivity index (χ1) is 12.4. The van der Waals surface area contributed by atoms with Gasteiger partial charge in [-0.3, -0.25) is 10.6 Å². The molecule has 0 heterocycles. The number of carbonyl (C=O) groups excluding carboxylic acids is 1. The Morgan fingerprint density at radius 1 is 1.00 bits per heavy atom. The van der Waals surface area contributed by atoms with Crippen molar-refractivity contribution < 1.29 is 29.0 Å². The number of carbonyl (C=O) groups is 1. The molecule has 7 nitrogen and oxygen atoms in total. The van der Waals surface area contributed by atoms with E-state index in [1.807, 2.05) is 32.0 Å². The van der Waals surface area contributed by atoms with Crippen LogP contribution in [-0.4, -0.2) is 32.6 Å². The topological polar surface area (TPSA) is 94.0 Å². The van der Waals surface area contributed by atoms with Crippen molar-refractivity contribution in [2.75, 3.05) is 20.8 Å². The predicted molar refractivity (Wildman–Crippen MR) is 96.3 cm³/mol. The standard InChI is InChI=1S/C19H22N2O5/c1-12-5-7-15(13(2)9-12)25-11-18(22)26-21-19(20)14-6-8-16(23-3)17(10-14)24-4/h5-10H,11H2,1-4H3,(H2,20,21)/p+1. The van der Waals surface area contributed by atoms with Crippen LogP contribution in [0.1, 0.15) is 16.7 Å². The number of benzene rings is 2. The Morgan fingerprint density at radius 3 is 2.35 bits per heavy atom. The number of rotatable bonds is 7. The van der Waals surface area contributed by atoms with Crippen LogP contribution in [0.4, 0.5) is 0 Å². The van der Waals surface area contributed by atoms with E-state index in [-0.39, 0.29) is 12.4 Å². The van der Waals surface area contributed by atoms with Gasteiger partial charge < -0.3 is 14.2 Å². The van der Waals surface area contributed by atoms with Crippen LogP contribution in [0, 0.1) is 13.8 Å². The zero-order valence-corrected chi connectivity index (χ0v) is 15.3. The van der Waals surface area contributed by atoms with Crippen molar-refractivity contribution >= 4 is 11.8 Å². The smallest absolute Gasteiger partial charge is 0.394 e. The van der Waals surface area contributed by atoms with Crippen LogP contribution in [0.2, 0.25) is 0 Å². The summed E-state index contributed by atoms with van der Waals surface area (Å²) in [5.74, 6) is 1.27. The molecule has 0 aromatic heterocycles. The third-order valence-electron chi connectivity index (χ3n) is 3.65. The fraction of sp³-hybridized carbons (Fsp3) is 0.263. The van der Waals surface area contributed by atoms with Gasteiger partial charge in [0.2, 0.25) is 0 Å². The lowest BCUT2D eigenvalue weighted by atomic mass is 10.1. The first-order valence-corrected chi connectivity index (χ1v) is 7.95. The molecule has 2 aromatic carbocycles. The molecule has 0 saturated heterocycles. The average Bonchev–Trinajstić information content (AvgIpc) is 2.64. The maximum atomic E-state index is 11.8. The Kier molecular flexibility index (Phi) is 6.43. The molecular weight excluding hydrogens is 336 g/mol. The Balaban J connectivity index is 1.96. The zero-order valence-electron chi connectivity index (χ0n) is 15.3.